The second-order valence-corrected chi connectivity index (χ2v) is 10.6. The Morgan fingerprint density at radius 2 is 1.65 bits per heavy atom. The van der Waals surface area contributed by atoms with Crippen molar-refractivity contribution < 1.29 is 17.9 Å². The fourth-order valence-corrected chi connectivity index (χ4v) is 4.83. The number of carbonyl (C=O) groups excluding carboxylic acids is 1. The lowest BCUT2D eigenvalue weighted by Crippen LogP contribution is -2.29. The molecule has 3 aromatic rings. The van der Waals surface area contributed by atoms with E-state index in [9.17, 15) is 13.2 Å². The van der Waals surface area contributed by atoms with Gasteiger partial charge in [0.15, 0.2) is 0 Å². The number of halogens is 1. The van der Waals surface area contributed by atoms with Crippen molar-refractivity contribution in [3.63, 3.8) is 0 Å². The Hall–Kier alpha value is -3.03. The molecule has 3 rings (SSSR count). The molecule has 6 nitrogen and oxygen atoms in total. The molecule has 0 bridgehead atoms. The van der Waals surface area contributed by atoms with Crippen LogP contribution in [0.15, 0.2) is 71.6 Å². The van der Waals surface area contributed by atoms with Gasteiger partial charge in [0.05, 0.1) is 34.3 Å². The van der Waals surface area contributed by atoms with E-state index in [0.29, 0.717) is 5.92 Å². The maximum absolute atomic E-state index is 13.0. The molecular weight excluding hydrogens is 472 g/mol. The molecule has 0 heterocycles. The van der Waals surface area contributed by atoms with Gasteiger partial charge < -0.3 is 10.1 Å². The smallest absolute Gasteiger partial charge is 0.261 e. The fraction of sp³-hybridized carbons (Fsp3) is 0.269. The molecule has 8 heteroatoms. The van der Waals surface area contributed by atoms with Crippen molar-refractivity contribution >= 4 is 33.2 Å². The molecule has 180 valence electrons. The average Bonchev–Trinajstić information content (AvgIpc) is 2.78. The molecule has 1 amide bonds. The van der Waals surface area contributed by atoms with Crippen molar-refractivity contribution in [1.29, 1.82) is 0 Å². The van der Waals surface area contributed by atoms with Gasteiger partial charge in [-0.25, -0.2) is 8.42 Å². The summed E-state index contributed by atoms with van der Waals surface area (Å²) in [5.41, 5.74) is 2.46. The maximum Gasteiger partial charge on any atom is 0.261 e. The Labute approximate surface area is 206 Å². The van der Waals surface area contributed by atoms with Gasteiger partial charge in [0.1, 0.15) is 5.75 Å². The van der Waals surface area contributed by atoms with Gasteiger partial charge in [-0.15, -0.1) is 0 Å². The van der Waals surface area contributed by atoms with E-state index in [1.165, 1.54) is 30.3 Å². The lowest BCUT2D eigenvalue weighted by molar-refractivity contribution is 0.0932. The number of hydrogen-bond acceptors (Lipinski definition) is 4. The monoisotopic (exact) mass is 500 g/mol. The lowest BCUT2D eigenvalue weighted by atomic mass is 9.96. The first-order valence-corrected chi connectivity index (χ1v) is 12.8. The number of aryl methyl sites for hydroxylation is 1. The van der Waals surface area contributed by atoms with Crippen LogP contribution in [0.5, 0.6) is 5.75 Å². The van der Waals surface area contributed by atoms with Crippen LogP contribution in [-0.4, -0.2) is 21.4 Å². The third-order valence-electron chi connectivity index (χ3n) is 5.33. The number of methoxy groups -OCH3 is 1. The summed E-state index contributed by atoms with van der Waals surface area (Å²) in [5, 5.41) is 3.21. The molecule has 0 unspecified atom stereocenters. The molecule has 2 N–H and O–H groups in total. The van der Waals surface area contributed by atoms with Crippen molar-refractivity contribution in [2.45, 2.75) is 38.1 Å². The summed E-state index contributed by atoms with van der Waals surface area (Å²) in [6, 6.07) is 18.4. The molecule has 0 spiro atoms. The first kappa shape index (κ1) is 25.6. The van der Waals surface area contributed by atoms with Crippen LogP contribution in [0.2, 0.25) is 5.02 Å². The molecule has 34 heavy (non-hydrogen) atoms. The Bertz CT molecular complexity index is 1240. The van der Waals surface area contributed by atoms with Crippen molar-refractivity contribution in [2.75, 3.05) is 11.8 Å². The highest BCUT2D eigenvalue weighted by molar-refractivity contribution is 7.92. The van der Waals surface area contributed by atoms with Crippen LogP contribution in [-0.2, 0) is 10.0 Å². The van der Waals surface area contributed by atoms with Crippen LogP contribution < -0.4 is 14.8 Å². The second-order valence-electron chi connectivity index (χ2n) is 8.54. The van der Waals surface area contributed by atoms with E-state index in [4.69, 9.17) is 16.3 Å². The average molecular weight is 501 g/mol. The number of anilines is 1. The first-order chi connectivity index (χ1) is 16.1. The zero-order valence-electron chi connectivity index (χ0n) is 19.6. The van der Waals surface area contributed by atoms with Crippen LogP contribution in [0.4, 0.5) is 5.69 Å². The van der Waals surface area contributed by atoms with Crippen molar-refractivity contribution in [2.24, 2.45) is 5.92 Å². The summed E-state index contributed by atoms with van der Waals surface area (Å²) < 4.78 is 33.0. The Morgan fingerprint density at radius 1 is 1.00 bits per heavy atom. The van der Waals surface area contributed by atoms with Gasteiger partial charge in [0.2, 0.25) is 0 Å². The summed E-state index contributed by atoms with van der Waals surface area (Å²) in [7, 11) is -2.17. The minimum Gasteiger partial charge on any atom is -0.497 e. The standard InChI is InChI=1S/C26H29ClN2O4S/c1-17(2)15-25(19-7-10-21(33-4)11-8-19)28-26(30)23-14-9-20(16-24(23)27)29-34(31,32)22-12-5-18(3)6-13-22/h5-14,16-17,25,29H,15H2,1-4H3,(H,28,30)/t25-/m1/s1. The quantitative estimate of drug-likeness (QED) is 0.378. The number of amides is 1. The zero-order chi connectivity index (χ0) is 24.9. The van der Waals surface area contributed by atoms with E-state index in [0.717, 1.165) is 23.3 Å². The number of sulfonamides is 1. The minimum absolute atomic E-state index is 0.145. The highest BCUT2D eigenvalue weighted by Gasteiger charge is 2.20. The van der Waals surface area contributed by atoms with Crippen LogP contribution in [0.1, 0.15) is 47.8 Å². The summed E-state index contributed by atoms with van der Waals surface area (Å²) >= 11 is 6.38. The van der Waals surface area contributed by atoms with Gasteiger partial charge in [0, 0.05) is 0 Å². The fourth-order valence-electron chi connectivity index (χ4n) is 3.52. The molecule has 0 saturated heterocycles. The van der Waals surface area contributed by atoms with Crippen molar-refractivity contribution in [3.05, 3.63) is 88.4 Å². The van der Waals surface area contributed by atoms with Crippen LogP contribution >= 0.6 is 11.6 Å². The van der Waals surface area contributed by atoms with E-state index in [-0.39, 0.29) is 33.1 Å². The molecule has 0 aliphatic rings. The van der Waals surface area contributed by atoms with Crippen LogP contribution in [0.3, 0.4) is 0 Å². The predicted octanol–water partition coefficient (Wildman–Crippen LogP) is 5.98. The van der Waals surface area contributed by atoms with Crippen LogP contribution in [0.25, 0.3) is 0 Å². The molecule has 0 radical (unpaired) electrons. The Morgan fingerprint density at radius 3 is 2.21 bits per heavy atom. The number of rotatable bonds is 9. The molecule has 0 saturated carbocycles. The number of ether oxygens (including phenoxy) is 1. The highest BCUT2D eigenvalue weighted by Crippen LogP contribution is 2.27. The predicted molar refractivity (Wildman–Crippen MR) is 136 cm³/mol. The molecule has 0 aliphatic carbocycles. The number of carbonyl (C=O) groups is 1. The van der Waals surface area contributed by atoms with Crippen LogP contribution in [0, 0.1) is 12.8 Å². The topological polar surface area (TPSA) is 84.5 Å². The summed E-state index contributed by atoms with van der Waals surface area (Å²) in [4.78, 5) is 13.2. The zero-order valence-corrected chi connectivity index (χ0v) is 21.2. The second kappa shape index (κ2) is 10.9. The third kappa shape index (κ3) is 6.52. The summed E-state index contributed by atoms with van der Waals surface area (Å²) in [5.74, 6) is 0.755. The SMILES string of the molecule is COc1ccc([C@@H](CC(C)C)NC(=O)c2ccc(NS(=O)(=O)c3ccc(C)cc3)cc2Cl)cc1. The third-order valence-corrected chi connectivity index (χ3v) is 7.04. The van der Waals surface area contributed by atoms with Gasteiger partial charge in [-0.2, -0.15) is 0 Å². The number of benzene rings is 3. The molecule has 1 atom stereocenters. The van der Waals surface area contributed by atoms with Gasteiger partial charge >= 0.3 is 0 Å². The Balaban J connectivity index is 1.78. The number of nitrogens with one attached hydrogen (secondary N) is 2. The van der Waals surface area contributed by atoms with E-state index in [1.54, 1.807) is 19.2 Å². The lowest BCUT2D eigenvalue weighted by Gasteiger charge is -2.22. The normalized spacial score (nSPS) is 12.3. The van der Waals surface area contributed by atoms with Gasteiger partial charge in [-0.05, 0) is 67.3 Å². The largest absolute Gasteiger partial charge is 0.497 e. The number of hydrogen-bond donors (Lipinski definition) is 2. The van der Waals surface area contributed by atoms with Gasteiger partial charge in [-0.3, -0.25) is 9.52 Å². The molecule has 0 aliphatic heterocycles. The van der Waals surface area contributed by atoms with E-state index in [2.05, 4.69) is 23.9 Å². The van der Waals surface area contributed by atoms with Crippen molar-refractivity contribution in [3.8, 4) is 5.75 Å². The Kier molecular flexibility index (Phi) is 8.23. The van der Waals surface area contributed by atoms with Gasteiger partial charge in [-0.1, -0.05) is 55.3 Å². The van der Waals surface area contributed by atoms with E-state index < -0.39 is 10.0 Å². The minimum atomic E-state index is -3.77. The highest BCUT2D eigenvalue weighted by atomic mass is 35.5. The van der Waals surface area contributed by atoms with E-state index >= 15 is 0 Å². The summed E-state index contributed by atoms with van der Waals surface area (Å²) in [6.07, 6.45) is 0.740. The molecule has 0 fully saturated rings. The van der Waals surface area contributed by atoms with Crippen molar-refractivity contribution in [1.82, 2.24) is 5.32 Å². The molecule has 3 aromatic carbocycles. The van der Waals surface area contributed by atoms with Gasteiger partial charge in [0.25, 0.3) is 15.9 Å². The maximum atomic E-state index is 13.0. The first-order valence-electron chi connectivity index (χ1n) is 10.9. The molecular formula is C26H29ClN2O4S. The van der Waals surface area contributed by atoms with E-state index in [1.807, 2.05) is 31.2 Å². The summed E-state index contributed by atoms with van der Waals surface area (Å²) in [6.45, 7) is 6.06. The molecule has 0 aromatic heterocycles.